The Hall–Kier alpha value is -1.49. The summed E-state index contributed by atoms with van der Waals surface area (Å²) in [6.07, 6.45) is 0. The van der Waals surface area contributed by atoms with Gasteiger partial charge in [0.2, 0.25) is 5.95 Å². The molecule has 3 rings (SSSR count). The number of hydrogen-bond acceptors (Lipinski definition) is 5. The van der Waals surface area contributed by atoms with Crippen LogP contribution in [0.15, 0.2) is 24.3 Å². The SMILES string of the molecule is CC1CN(c2nc(N)nc3ccccc23)CC(C)S1. The molecule has 1 aliphatic rings. The monoisotopic (exact) mass is 274 g/mol. The van der Waals surface area contributed by atoms with Crippen molar-refractivity contribution < 1.29 is 0 Å². The zero-order chi connectivity index (χ0) is 13.4. The van der Waals surface area contributed by atoms with E-state index in [-0.39, 0.29) is 0 Å². The molecular formula is C14H18N4S. The van der Waals surface area contributed by atoms with E-state index >= 15 is 0 Å². The molecule has 2 heterocycles. The van der Waals surface area contributed by atoms with Crippen LogP contribution in [0, 0.1) is 0 Å². The highest BCUT2D eigenvalue weighted by atomic mass is 32.2. The lowest BCUT2D eigenvalue weighted by Gasteiger charge is -2.35. The minimum atomic E-state index is 0.354. The summed E-state index contributed by atoms with van der Waals surface area (Å²) in [6, 6.07) is 8.07. The van der Waals surface area contributed by atoms with Crippen molar-refractivity contribution in [2.75, 3.05) is 23.7 Å². The van der Waals surface area contributed by atoms with Crippen molar-refractivity contribution in [1.82, 2.24) is 9.97 Å². The lowest BCUT2D eigenvalue weighted by molar-refractivity contribution is 0.721. The van der Waals surface area contributed by atoms with E-state index < -0.39 is 0 Å². The van der Waals surface area contributed by atoms with Gasteiger partial charge in [0.25, 0.3) is 0 Å². The minimum absolute atomic E-state index is 0.354. The molecule has 2 N–H and O–H groups in total. The molecule has 0 bridgehead atoms. The van der Waals surface area contributed by atoms with Crippen molar-refractivity contribution in [2.24, 2.45) is 0 Å². The molecule has 4 nitrogen and oxygen atoms in total. The van der Waals surface area contributed by atoms with Gasteiger partial charge < -0.3 is 10.6 Å². The third-order valence-electron chi connectivity index (χ3n) is 3.32. The van der Waals surface area contributed by atoms with Crippen LogP contribution in [0.4, 0.5) is 11.8 Å². The zero-order valence-corrected chi connectivity index (χ0v) is 12.0. The van der Waals surface area contributed by atoms with E-state index in [1.165, 1.54) is 0 Å². The maximum absolute atomic E-state index is 5.85. The normalized spacial score (nSPS) is 23.8. The van der Waals surface area contributed by atoms with E-state index in [2.05, 4.69) is 34.8 Å². The molecule has 1 fully saturated rings. The first-order chi connectivity index (χ1) is 9.13. The molecule has 0 saturated carbocycles. The first-order valence-corrected chi connectivity index (χ1v) is 7.50. The number of rotatable bonds is 1. The molecule has 19 heavy (non-hydrogen) atoms. The van der Waals surface area contributed by atoms with Gasteiger partial charge in [-0.2, -0.15) is 16.7 Å². The van der Waals surface area contributed by atoms with Gasteiger partial charge in [-0.15, -0.1) is 0 Å². The van der Waals surface area contributed by atoms with E-state index in [9.17, 15) is 0 Å². The van der Waals surface area contributed by atoms with E-state index in [1.54, 1.807) is 0 Å². The number of nitrogen functional groups attached to an aromatic ring is 1. The largest absolute Gasteiger partial charge is 0.368 e. The molecule has 100 valence electrons. The van der Waals surface area contributed by atoms with Gasteiger partial charge in [0, 0.05) is 29.0 Å². The maximum atomic E-state index is 5.85. The summed E-state index contributed by atoms with van der Waals surface area (Å²) in [6.45, 7) is 6.55. The molecule has 0 aliphatic carbocycles. The third kappa shape index (κ3) is 2.47. The highest BCUT2D eigenvalue weighted by Crippen LogP contribution is 2.31. The van der Waals surface area contributed by atoms with Crippen LogP contribution in [-0.2, 0) is 0 Å². The summed E-state index contributed by atoms with van der Waals surface area (Å²) in [5, 5.41) is 2.31. The summed E-state index contributed by atoms with van der Waals surface area (Å²) < 4.78 is 0. The lowest BCUT2D eigenvalue weighted by Crippen LogP contribution is -2.41. The second-order valence-electron chi connectivity index (χ2n) is 5.08. The highest BCUT2D eigenvalue weighted by Gasteiger charge is 2.24. The average molecular weight is 274 g/mol. The molecule has 2 aromatic rings. The second kappa shape index (κ2) is 4.89. The Labute approximate surface area is 117 Å². The van der Waals surface area contributed by atoms with Crippen LogP contribution in [0.3, 0.4) is 0 Å². The Balaban J connectivity index is 2.08. The van der Waals surface area contributed by atoms with Crippen LogP contribution in [0.2, 0.25) is 0 Å². The first kappa shape index (κ1) is 12.5. The van der Waals surface area contributed by atoms with E-state index in [4.69, 9.17) is 5.73 Å². The topological polar surface area (TPSA) is 55.0 Å². The Morgan fingerprint density at radius 3 is 2.58 bits per heavy atom. The van der Waals surface area contributed by atoms with Crippen molar-refractivity contribution in [3.63, 3.8) is 0 Å². The molecule has 0 amide bonds. The zero-order valence-electron chi connectivity index (χ0n) is 11.2. The van der Waals surface area contributed by atoms with Crippen LogP contribution >= 0.6 is 11.8 Å². The minimum Gasteiger partial charge on any atom is -0.368 e. The second-order valence-corrected chi connectivity index (χ2v) is 6.97. The van der Waals surface area contributed by atoms with Gasteiger partial charge in [-0.3, -0.25) is 0 Å². The van der Waals surface area contributed by atoms with Gasteiger partial charge in [0.05, 0.1) is 5.52 Å². The maximum Gasteiger partial charge on any atom is 0.222 e. The Morgan fingerprint density at radius 2 is 1.84 bits per heavy atom. The van der Waals surface area contributed by atoms with Crippen LogP contribution in [-0.4, -0.2) is 33.6 Å². The lowest BCUT2D eigenvalue weighted by atomic mass is 10.2. The summed E-state index contributed by atoms with van der Waals surface area (Å²) in [5.74, 6) is 1.33. The van der Waals surface area contributed by atoms with Crippen molar-refractivity contribution in [2.45, 2.75) is 24.3 Å². The number of aromatic nitrogens is 2. The van der Waals surface area contributed by atoms with Crippen molar-refractivity contribution in [1.29, 1.82) is 0 Å². The molecule has 2 unspecified atom stereocenters. The predicted octanol–water partition coefficient (Wildman–Crippen LogP) is 2.54. The molecular weight excluding hydrogens is 256 g/mol. The van der Waals surface area contributed by atoms with Crippen LogP contribution in [0.25, 0.3) is 10.9 Å². The number of para-hydroxylation sites is 1. The number of benzene rings is 1. The van der Waals surface area contributed by atoms with Gasteiger partial charge in [-0.25, -0.2) is 4.98 Å². The standard InChI is InChI=1S/C14H18N4S/c1-9-7-18(8-10(2)19-9)13-11-5-3-4-6-12(11)16-14(15)17-13/h3-6,9-10H,7-8H2,1-2H3,(H2,15,16,17). The third-order valence-corrected chi connectivity index (χ3v) is 4.55. The molecule has 1 saturated heterocycles. The number of nitrogens with zero attached hydrogens (tertiary/aromatic N) is 3. The Kier molecular flexibility index (Phi) is 3.22. The van der Waals surface area contributed by atoms with Gasteiger partial charge in [-0.1, -0.05) is 26.0 Å². The number of hydrogen-bond donors (Lipinski definition) is 1. The fraction of sp³-hybridized carbons (Fsp3) is 0.429. The van der Waals surface area contributed by atoms with Crippen LogP contribution in [0.1, 0.15) is 13.8 Å². The smallest absolute Gasteiger partial charge is 0.222 e. The molecule has 0 radical (unpaired) electrons. The molecule has 2 atom stereocenters. The fourth-order valence-corrected chi connectivity index (χ4v) is 3.99. The average Bonchev–Trinajstić information content (AvgIpc) is 2.36. The van der Waals surface area contributed by atoms with E-state index in [0.29, 0.717) is 16.4 Å². The molecule has 5 heteroatoms. The molecule has 1 aliphatic heterocycles. The molecule has 1 aromatic heterocycles. The van der Waals surface area contributed by atoms with Gasteiger partial charge in [0.15, 0.2) is 0 Å². The summed E-state index contributed by atoms with van der Waals surface area (Å²) in [5.41, 5.74) is 6.77. The fourth-order valence-electron chi connectivity index (χ4n) is 2.67. The van der Waals surface area contributed by atoms with E-state index in [0.717, 1.165) is 29.8 Å². The number of nitrogens with two attached hydrogens (primary N) is 1. The Morgan fingerprint density at radius 1 is 1.16 bits per heavy atom. The number of fused-ring (bicyclic) bond motifs is 1. The highest BCUT2D eigenvalue weighted by molar-refractivity contribution is 8.00. The Bertz CT molecular complexity index is 591. The molecule has 0 spiro atoms. The number of thioether (sulfide) groups is 1. The molecule has 1 aromatic carbocycles. The van der Waals surface area contributed by atoms with Crippen molar-refractivity contribution >= 4 is 34.4 Å². The quantitative estimate of drug-likeness (QED) is 0.866. The van der Waals surface area contributed by atoms with Crippen molar-refractivity contribution in [3.8, 4) is 0 Å². The number of anilines is 2. The van der Waals surface area contributed by atoms with Gasteiger partial charge >= 0.3 is 0 Å². The van der Waals surface area contributed by atoms with Gasteiger partial charge in [0.1, 0.15) is 5.82 Å². The van der Waals surface area contributed by atoms with Crippen LogP contribution in [0.5, 0.6) is 0 Å². The summed E-state index contributed by atoms with van der Waals surface area (Å²) in [4.78, 5) is 11.1. The van der Waals surface area contributed by atoms with Crippen LogP contribution < -0.4 is 10.6 Å². The van der Waals surface area contributed by atoms with E-state index in [1.807, 2.05) is 30.0 Å². The summed E-state index contributed by atoms with van der Waals surface area (Å²) in [7, 11) is 0. The van der Waals surface area contributed by atoms with Gasteiger partial charge in [-0.05, 0) is 12.1 Å². The van der Waals surface area contributed by atoms with Crippen molar-refractivity contribution in [3.05, 3.63) is 24.3 Å². The predicted molar refractivity (Wildman–Crippen MR) is 82.7 cm³/mol. The summed E-state index contributed by atoms with van der Waals surface area (Å²) >= 11 is 2.03. The first-order valence-electron chi connectivity index (χ1n) is 6.56.